The third-order valence-corrected chi connectivity index (χ3v) is 2.82. The molecule has 0 saturated heterocycles. The van der Waals surface area contributed by atoms with Gasteiger partial charge in [-0.3, -0.25) is 0 Å². The second-order valence-corrected chi connectivity index (χ2v) is 4.96. The van der Waals surface area contributed by atoms with Gasteiger partial charge < -0.3 is 5.32 Å². The topological polar surface area (TPSA) is 12.0 Å². The van der Waals surface area contributed by atoms with E-state index in [9.17, 15) is 8.78 Å². The molecule has 0 bridgehead atoms. The zero-order valence-corrected chi connectivity index (χ0v) is 10.8. The van der Waals surface area contributed by atoms with Crippen LogP contribution in [0.3, 0.4) is 0 Å². The predicted octanol–water partition coefficient (Wildman–Crippen LogP) is 3.70. The lowest BCUT2D eigenvalue weighted by Gasteiger charge is -2.13. The Bertz CT molecular complexity index is 350. The SMILES string of the molecule is CC(C)CNCCC(C)c1ccc(F)c(F)c1. The van der Waals surface area contributed by atoms with E-state index >= 15 is 0 Å². The van der Waals surface area contributed by atoms with Crippen molar-refractivity contribution in [2.24, 2.45) is 5.92 Å². The smallest absolute Gasteiger partial charge is 0.159 e. The second-order valence-electron chi connectivity index (χ2n) is 4.96. The fraction of sp³-hybridized carbons (Fsp3) is 0.571. The Balaban J connectivity index is 2.41. The molecule has 1 unspecified atom stereocenters. The van der Waals surface area contributed by atoms with Crippen LogP contribution in [0.1, 0.15) is 38.7 Å². The summed E-state index contributed by atoms with van der Waals surface area (Å²) in [4.78, 5) is 0. The van der Waals surface area contributed by atoms with Crippen LogP contribution < -0.4 is 5.32 Å². The highest BCUT2D eigenvalue weighted by atomic mass is 19.2. The maximum Gasteiger partial charge on any atom is 0.159 e. The molecule has 0 aliphatic carbocycles. The number of hydrogen-bond donors (Lipinski definition) is 1. The van der Waals surface area contributed by atoms with Crippen LogP contribution in [-0.4, -0.2) is 13.1 Å². The molecule has 0 spiro atoms. The van der Waals surface area contributed by atoms with E-state index in [1.54, 1.807) is 6.07 Å². The van der Waals surface area contributed by atoms with E-state index in [0.29, 0.717) is 5.92 Å². The largest absolute Gasteiger partial charge is 0.316 e. The fourth-order valence-electron chi connectivity index (χ4n) is 1.69. The van der Waals surface area contributed by atoms with Crippen LogP contribution in [0.4, 0.5) is 8.78 Å². The van der Waals surface area contributed by atoms with Crippen molar-refractivity contribution in [3.8, 4) is 0 Å². The molecule has 1 aromatic carbocycles. The van der Waals surface area contributed by atoms with Crippen molar-refractivity contribution in [1.29, 1.82) is 0 Å². The number of benzene rings is 1. The van der Waals surface area contributed by atoms with Crippen molar-refractivity contribution in [3.05, 3.63) is 35.4 Å². The highest BCUT2D eigenvalue weighted by Gasteiger charge is 2.09. The second kappa shape index (κ2) is 6.70. The lowest BCUT2D eigenvalue weighted by Crippen LogP contribution is -2.21. The molecule has 1 atom stereocenters. The lowest BCUT2D eigenvalue weighted by atomic mass is 9.97. The zero-order chi connectivity index (χ0) is 12.8. The van der Waals surface area contributed by atoms with Crippen molar-refractivity contribution in [2.75, 3.05) is 13.1 Å². The molecule has 1 N–H and O–H groups in total. The summed E-state index contributed by atoms with van der Waals surface area (Å²) in [7, 11) is 0. The molecule has 3 heteroatoms. The molecular weight excluding hydrogens is 220 g/mol. The van der Waals surface area contributed by atoms with Crippen LogP contribution in [0.15, 0.2) is 18.2 Å². The van der Waals surface area contributed by atoms with E-state index in [4.69, 9.17) is 0 Å². The third-order valence-electron chi connectivity index (χ3n) is 2.82. The van der Waals surface area contributed by atoms with Gasteiger partial charge in [0.05, 0.1) is 0 Å². The fourth-order valence-corrected chi connectivity index (χ4v) is 1.69. The summed E-state index contributed by atoms with van der Waals surface area (Å²) in [6.45, 7) is 8.24. The van der Waals surface area contributed by atoms with Crippen LogP contribution in [0, 0.1) is 17.6 Å². The van der Waals surface area contributed by atoms with Crippen LogP contribution in [0.2, 0.25) is 0 Å². The zero-order valence-electron chi connectivity index (χ0n) is 10.8. The van der Waals surface area contributed by atoms with E-state index in [1.165, 1.54) is 12.1 Å². The lowest BCUT2D eigenvalue weighted by molar-refractivity contribution is 0.501. The minimum atomic E-state index is -0.779. The Kier molecular flexibility index (Phi) is 5.56. The Morgan fingerprint density at radius 1 is 1.12 bits per heavy atom. The summed E-state index contributed by atoms with van der Waals surface area (Å²) in [5.41, 5.74) is 0.857. The maximum absolute atomic E-state index is 13.0. The molecule has 0 radical (unpaired) electrons. The predicted molar refractivity (Wildman–Crippen MR) is 67.1 cm³/mol. The molecule has 96 valence electrons. The first-order chi connectivity index (χ1) is 8.00. The van der Waals surface area contributed by atoms with Gasteiger partial charge in [-0.15, -0.1) is 0 Å². The normalized spacial score (nSPS) is 13.1. The summed E-state index contributed by atoms with van der Waals surface area (Å²) >= 11 is 0. The number of halogens is 2. The molecule has 1 rings (SSSR count). The van der Waals surface area contributed by atoms with Crippen LogP contribution in [0.5, 0.6) is 0 Å². The molecule has 17 heavy (non-hydrogen) atoms. The van der Waals surface area contributed by atoms with E-state index in [1.807, 2.05) is 6.92 Å². The standard InChI is InChI=1S/C14H21F2N/c1-10(2)9-17-7-6-11(3)12-4-5-13(15)14(16)8-12/h4-5,8,10-11,17H,6-7,9H2,1-3H3. The number of hydrogen-bond acceptors (Lipinski definition) is 1. The van der Waals surface area contributed by atoms with Gasteiger partial charge in [0.15, 0.2) is 11.6 Å². The Labute approximate surface area is 102 Å². The quantitative estimate of drug-likeness (QED) is 0.749. The average molecular weight is 241 g/mol. The van der Waals surface area contributed by atoms with Gasteiger partial charge in [-0.1, -0.05) is 26.8 Å². The van der Waals surface area contributed by atoms with Crippen molar-refractivity contribution >= 4 is 0 Å². The first kappa shape index (κ1) is 14.1. The first-order valence-corrected chi connectivity index (χ1v) is 6.16. The molecule has 0 amide bonds. The molecule has 1 aromatic rings. The van der Waals surface area contributed by atoms with Gasteiger partial charge >= 0.3 is 0 Å². The summed E-state index contributed by atoms with van der Waals surface area (Å²) in [5.74, 6) is -0.665. The molecule has 0 saturated carbocycles. The Morgan fingerprint density at radius 2 is 1.82 bits per heavy atom. The van der Waals surface area contributed by atoms with E-state index in [2.05, 4.69) is 19.2 Å². The third kappa shape index (κ3) is 4.82. The minimum Gasteiger partial charge on any atom is -0.316 e. The monoisotopic (exact) mass is 241 g/mol. The van der Waals surface area contributed by atoms with Crippen LogP contribution >= 0.6 is 0 Å². The molecular formula is C14H21F2N. The van der Waals surface area contributed by atoms with Gasteiger partial charge in [-0.2, -0.15) is 0 Å². The van der Waals surface area contributed by atoms with Gasteiger partial charge in [0.1, 0.15) is 0 Å². The Morgan fingerprint density at radius 3 is 2.41 bits per heavy atom. The van der Waals surface area contributed by atoms with Crippen molar-refractivity contribution in [1.82, 2.24) is 5.32 Å². The van der Waals surface area contributed by atoms with Crippen molar-refractivity contribution < 1.29 is 8.78 Å². The van der Waals surface area contributed by atoms with Gasteiger partial charge in [-0.05, 0) is 49.0 Å². The number of nitrogens with one attached hydrogen (secondary N) is 1. The first-order valence-electron chi connectivity index (χ1n) is 6.16. The van der Waals surface area contributed by atoms with Crippen molar-refractivity contribution in [3.63, 3.8) is 0 Å². The highest BCUT2D eigenvalue weighted by Crippen LogP contribution is 2.20. The van der Waals surface area contributed by atoms with Crippen molar-refractivity contribution in [2.45, 2.75) is 33.1 Å². The van der Waals surface area contributed by atoms with E-state index in [-0.39, 0.29) is 5.92 Å². The summed E-state index contributed by atoms with van der Waals surface area (Å²) < 4.78 is 25.8. The minimum absolute atomic E-state index is 0.241. The highest BCUT2D eigenvalue weighted by molar-refractivity contribution is 5.21. The molecule has 0 aliphatic heterocycles. The van der Waals surface area contributed by atoms with Gasteiger partial charge in [-0.25, -0.2) is 8.78 Å². The molecule has 0 fully saturated rings. The molecule has 0 aromatic heterocycles. The average Bonchev–Trinajstić information content (AvgIpc) is 2.27. The van der Waals surface area contributed by atoms with Crippen LogP contribution in [-0.2, 0) is 0 Å². The van der Waals surface area contributed by atoms with Gasteiger partial charge in [0.2, 0.25) is 0 Å². The van der Waals surface area contributed by atoms with Gasteiger partial charge in [0, 0.05) is 0 Å². The number of rotatable bonds is 6. The molecule has 1 nitrogen and oxygen atoms in total. The summed E-state index contributed by atoms with van der Waals surface area (Å²) in [6, 6.07) is 4.15. The summed E-state index contributed by atoms with van der Waals surface area (Å²) in [6.07, 6.45) is 0.928. The van der Waals surface area contributed by atoms with Crippen LogP contribution in [0.25, 0.3) is 0 Å². The maximum atomic E-state index is 13.0. The van der Waals surface area contributed by atoms with Gasteiger partial charge in [0.25, 0.3) is 0 Å². The van der Waals surface area contributed by atoms with E-state index in [0.717, 1.165) is 25.1 Å². The summed E-state index contributed by atoms with van der Waals surface area (Å²) in [5, 5.41) is 3.34. The molecule has 0 heterocycles. The van der Waals surface area contributed by atoms with E-state index < -0.39 is 11.6 Å². The Hall–Kier alpha value is -0.960. The molecule has 0 aliphatic rings.